The lowest BCUT2D eigenvalue weighted by Crippen LogP contribution is -2.55. The zero-order valence-electron chi connectivity index (χ0n) is 41.1. The average Bonchev–Trinajstić information content (AvgIpc) is 3.77. The molecule has 8 heterocycles. The molecule has 71 heavy (non-hydrogen) atoms. The summed E-state index contributed by atoms with van der Waals surface area (Å²) in [5.41, 5.74) is 5.53. The molecule has 2 aromatic carbocycles. The summed E-state index contributed by atoms with van der Waals surface area (Å²) in [6.07, 6.45) is 7.89. The van der Waals surface area contributed by atoms with E-state index in [0.717, 1.165) is 90.5 Å². The van der Waals surface area contributed by atoms with Gasteiger partial charge in [-0.1, -0.05) is 18.2 Å². The number of halogens is 2. The van der Waals surface area contributed by atoms with Gasteiger partial charge in [-0.25, -0.2) is 13.8 Å². The Kier molecular flexibility index (Phi) is 13.0. The van der Waals surface area contributed by atoms with E-state index in [1.807, 2.05) is 61.9 Å². The van der Waals surface area contributed by atoms with Gasteiger partial charge in [0.1, 0.15) is 23.3 Å². The van der Waals surface area contributed by atoms with Crippen LogP contribution in [0.15, 0.2) is 77.9 Å². The second-order valence-corrected chi connectivity index (χ2v) is 20.6. The molecule has 3 saturated heterocycles. The Bertz CT molecular complexity index is 3020. The third-order valence-corrected chi connectivity index (χ3v) is 15.7. The number of imide groups is 1. The Labute approximate surface area is 412 Å². The first-order valence-electron chi connectivity index (χ1n) is 24.9. The number of aryl methyl sites for hydroxylation is 1. The van der Waals surface area contributed by atoms with Gasteiger partial charge in [0.15, 0.2) is 0 Å². The minimum atomic E-state index is -0.798. The summed E-state index contributed by atoms with van der Waals surface area (Å²) in [6.45, 7) is 13.1. The third-order valence-electron chi connectivity index (χ3n) is 15.7. The minimum absolute atomic E-state index is 0.0270. The largest absolute Gasteiger partial charge is 0.388 e. The molecule has 5 aliphatic rings. The van der Waals surface area contributed by atoms with Crippen LogP contribution in [0.4, 0.5) is 20.2 Å². The van der Waals surface area contributed by atoms with E-state index < -0.39 is 29.0 Å². The molecule has 5 aliphatic heterocycles. The lowest BCUT2D eigenvalue weighted by Gasteiger charge is -2.42. The van der Waals surface area contributed by atoms with Crippen LogP contribution in [-0.2, 0) is 39.9 Å². The molecule has 2 atom stereocenters. The molecule has 0 bridgehead atoms. The van der Waals surface area contributed by atoms with E-state index in [-0.39, 0.29) is 40.8 Å². The first-order valence-corrected chi connectivity index (χ1v) is 24.9. The molecule has 0 radical (unpaired) electrons. The molecular weight excluding hydrogens is 907 g/mol. The van der Waals surface area contributed by atoms with Crippen LogP contribution >= 0.6 is 0 Å². The Balaban J connectivity index is 0.708. The van der Waals surface area contributed by atoms with E-state index >= 15 is 8.78 Å². The molecule has 3 fully saturated rings. The maximum Gasteiger partial charge on any atom is 0.257 e. The van der Waals surface area contributed by atoms with Crippen molar-refractivity contribution < 1.29 is 28.0 Å². The monoisotopic (exact) mass is 968 g/mol. The highest BCUT2D eigenvalue weighted by atomic mass is 19.1. The van der Waals surface area contributed by atoms with Gasteiger partial charge in [0.25, 0.3) is 11.5 Å². The van der Waals surface area contributed by atoms with Gasteiger partial charge in [0.05, 0.1) is 11.1 Å². The number of anilines is 2. The van der Waals surface area contributed by atoms with Gasteiger partial charge < -0.3 is 14.8 Å². The molecule has 0 saturated carbocycles. The van der Waals surface area contributed by atoms with Crippen molar-refractivity contribution in [2.75, 3.05) is 69.6 Å². The smallest absolute Gasteiger partial charge is 0.257 e. The molecule has 10 rings (SSSR count). The van der Waals surface area contributed by atoms with Crippen LogP contribution in [0.2, 0.25) is 0 Å². The number of fused-ring (bicyclic) bond motifs is 2. The van der Waals surface area contributed by atoms with Crippen LogP contribution in [0.5, 0.6) is 0 Å². The number of carbonyl (C=O) groups excluding carboxylic acids is 4. The predicted molar refractivity (Wildman–Crippen MR) is 268 cm³/mol. The van der Waals surface area contributed by atoms with Gasteiger partial charge in [-0.3, -0.25) is 53.5 Å². The summed E-state index contributed by atoms with van der Waals surface area (Å²) in [5.74, 6) is -2.28. The topological polar surface area (TPSA) is 148 Å². The summed E-state index contributed by atoms with van der Waals surface area (Å²) in [4.78, 5) is 79.9. The molecule has 0 aliphatic carbocycles. The van der Waals surface area contributed by atoms with E-state index in [9.17, 15) is 24.0 Å². The molecule has 0 unspecified atom stereocenters. The molecule has 5 aromatic rings. The van der Waals surface area contributed by atoms with Crippen molar-refractivity contribution in [2.24, 2.45) is 13.0 Å². The summed E-state index contributed by atoms with van der Waals surface area (Å²) < 4.78 is 35.3. The Hall–Kier alpha value is -6.56. The molecule has 372 valence electrons. The van der Waals surface area contributed by atoms with Crippen molar-refractivity contribution in [3.05, 3.63) is 123 Å². The van der Waals surface area contributed by atoms with Gasteiger partial charge in [-0.15, -0.1) is 0 Å². The van der Waals surface area contributed by atoms with E-state index in [1.54, 1.807) is 39.9 Å². The normalized spacial score (nSPS) is 21.5. The lowest BCUT2D eigenvalue weighted by molar-refractivity contribution is -0.136. The second kappa shape index (κ2) is 19.2. The van der Waals surface area contributed by atoms with Crippen LogP contribution in [0.1, 0.15) is 85.6 Å². The highest BCUT2D eigenvalue weighted by molar-refractivity contribution is 6.13. The fourth-order valence-electron chi connectivity index (χ4n) is 11.5. The number of benzene rings is 2. The molecule has 17 heteroatoms. The van der Waals surface area contributed by atoms with Gasteiger partial charge in [0.2, 0.25) is 17.7 Å². The van der Waals surface area contributed by atoms with Crippen LogP contribution in [0, 0.1) is 17.6 Å². The number of hydrogen-bond donors (Lipinski definition) is 2. The molecule has 4 amide bonds. The summed E-state index contributed by atoms with van der Waals surface area (Å²) in [5, 5.41) is 6.24. The van der Waals surface area contributed by atoms with Gasteiger partial charge in [-0.05, 0) is 105 Å². The molecule has 15 nitrogen and oxygen atoms in total. The number of carbonyl (C=O) groups is 4. The van der Waals surface area contributed by atoms with E-state index in [1.165, 1.54) is 12.1 Å². The Morgan fingerprint density at radius 2 is 1.65 bits per heavy atom. The number of piperidine rings is 2. The number of hydrogen-bond acceptors (Lipinski definition) is 10. The number of likely N-dealkylation sites (tertiary alicyclic amines) is 1. The quantitative estimate of drug-likeness (QED) is 0.155. The van der Waals surface area contributed by atoms with E-state index in [4.69, 9.17) is 0 Å². The molecule has 2 N–H and O–H groups in total. The number of nitrogens with one attached hydrogen (secondary N) is 2. The number of rotatable bonds is 11. The van der Waals surface area contributed by atoms with Crippen LogP contribution in [-0.4, -0.2) is 129 Å². The highest BCUT2D eigenvalue weighted by Crippen LogP contribution is 2.44. The van der Waals surface area contributed by atoms with Crippen LogP contribution in [0.3, 0.4) is 0 Å². The van der Waals surface area contributed by atoms with Crippen LogP contribution < -0.4 is 21.1 Å². The Morgan fingerprint density at radius 1 is 0.873 bits per heavy atom. The minimum Gasteiger partial charge on any atom is -0.388 e. The predicted octanol–water partition coefficient (Wildman–Crippen LogP) is 5.82. The maximum absolute atomic E-state index is 15.8. The van der Waals surface area contributed by atoms with Crippen molar-refractivity contribution >= 4 is 51.6 Å². The zero-order valence-corrected chi connectivity index (χ0v) is 41.1. The zero-order chi connectivity index (χ0) is 49.9. The first kappa shape index (κ1) is 48.1. The highest BCUT2D eigenvalue weighted by Gasteiger charge is 2.49. The fraction of sp³-hybridized carbons (Fsp3) is 0.444. The van der Waals surface area contributed by atoms with Crippen molar-refractivity contribution in [1.29, 1.82) is 0 Å². The van der Waals surface area contributed by atoms with Crippen molar-refractivity contribution in [2.45, 2.75) is 83.5 Å². The number of piperazine rings is 1. The number of pyridine rings is 2. The maximum atomic E-state index is 15.8. The van der Waals surface area contributed by atoms with Crippen LogP contribution in [0.25, 0.3) is 22.3 Å². The van der Waals surface area contributed by atoms with E-state index in [0.29, 0.717) is 63.1 Å². The SMILES string of the molecule is CNc1ccn(-c2ccnc3c2cc(CN2CC=C(c4c(F)cc(C(=O)N5CCC(CN6CCN(Cc7ccc8c(c7)C(C)(C)C(=O)N8[C@H]7CCC(=O)NC7=O)C[C@@H]6C)CC5)cc4F)CC2)n3C)c(=O)c1. The Morgan fingerprint density at radius 3 is 2.34 bits per heavy atom. The standard InChI is InChI=1S/C54H62F2N10O5/c1-33-29-62(30-35-6-7-45-41(24-35)54(2,3)53(71)66(45)46-8-9-47(67)59-51(46)69)22-23-64(33)31-34-11-19-63(20-12-34)52(70)37-25-42(55)49(43(56)26-37)36-13-17-61(18-14-36)32-39-28-40-44(10-16-58-50(40)60(39)5)65-21-15-38(57-4)27-48(65)68/h6-7,10,13,15-16,21,24-28,33-34,46,57H,8-9,11-12,14,17-20,22-23,29-32H2,1-5H3,(H,59,67,69)/t33-,46-/m0/s1. The van der Waals surface area contributed by atoms with Gasteiger partial charge in [0, 0.05) is 144 Å². The van der Waals surface area contributed by atoms with Gasteiger partial charge >= 0.3 is 0 Å². The number of aromatic nitrogens is 3. The summed E-state index contributed by atoms with van der Waals surface area (Å²) in [6, 6.07) is 15.4. The number of amides is 4. The first-order chi connectivity index (χ1) is 34.1. The molecule has 3 aromatic heterocycles. The van der Waals surface area contributed by atoms with Gasteiger partial charge in [-0.2, -0.15) is 0 Å². The van der Waals surface area contributed by atoms with Crippen molar-refractivity contribution in [3.63, 3.8) is 0 Å². The van der Waals surface area contributed by atoms with Crippen molar-refractivity contribution in [1.82, 2.24) is 39.0 Å². The summed E-state index contributed by atoms with van der Waals surface area (Å²) in [7, 11) is 3.72. The lowest BCUT2D eigenvalue weighted by atomic mass is 9.85. The molecule has 0 spiro atoms. The molecular formula is C54H62F2N10O5. The summed E-state index contributed by atoms with van der Waals surface area (Å²) >= 11 is 0. The average molecular weight is 969 g/mol. The fourth-order valence-corrected chi connectivity index (χ4v) is 11.5. The van der Waals surface area contributed by atoms with E-state index in [2.05, 4.69) is 43.3 Å². The number of nitrogens with zero attached hydrogens (tertiary/aromatic N) is 8. The van der Waals surface area contributed by atoms with Crippen molar-refractivity contribution in [3.8, 4) is 5.69 Å². The third kappa shape index (κ3) is 9.19. The second-order valence-electron chi connectivity index (χ2n) is 20.6.